The summed E-state index contributed by atoms with van der Waals surface area (Å²) < 4.78 is -0.194. The van der Waals surface area contributed by atoms with Gasteiger partial charge in [-0.05, 0) is 25.2 Å². The van der Waals surface area contributed by atoms with E-state index in [-0.39, 0.29) is 3.42 Å². The van der Waals surface area contributed by atoms with Crippen molar-refractivity contribution in [3.8, 4) is 11.5 Å². The Morgan fingerprint density at radius 2 is 2.22 bits per heavy atom. The van der Waals surface area contributed by atoms with Crippen molar-refractivity contribution in [3.05, 3.63) is 12.7 Å². The van der Waals surface area contributed by atoms with Gasteiger partial charge in [0.15, 0.2) is 0 Å². The van der Waals surface area contributed by atoms with Crippen LogP contribution in [0.5, 0.6) is 0 Å². The van der Waals surface area contributed by atoms with Gasteiger partial charge in [-0.3, -0.25) is 4.79 Å². The van der Waals surface area contributed by atoms with Gasteiger partial charge >= 0.3 is 0 Å². The number of Topliss-reactive ketones (excluding diaryl/α,β-unsaturated/α-hetero) is 1. The number of halogens is 1. The van der Waals surface area contributed by atoms with Crippen molar-refractivity contribution in [2.24, 2.45) is 5.92 Å². The summed E-state index contributed by atoms with van der Waals surface area (Å²) in [5, 5.41) is 0. The molecule has 0 aromatic heterocycles. The van der Waals surface area contributed by atoms with E-state index in [4.69, 9.17) is 0 Å². The number of carbonyl (C=O) groups is 1. The minimum atomic E-state index is -1.24. The summed E-state index contributed by atoms with van der Waals surface area (Å²) in [6.07, 6.45) is 6.45. The van der Waals surface area contributed by atoms with Gasteiger partial charge in [-0.1, -0.05) is 48.3 Å². The van der Waals surface area contributed by atoms with Crippen molar-refractivity contribution in [3.63, 3.8) is 0 Å². The highest BCUT2D eigenvalue weighted by Crippen LogP contribution is 2.45. The number of ketones is 1. The molecule has 3 heteroatoms. The molecule has 0 bridgehead atoms. The van der Waals surface area contributed by atoms with Crippen LogP contribution in [0.3, 0.4) is 0 Å². The summed E-state index contributed by atoms with van der Waals surface area (Å²) in [5.41, 5.74) is 3.40. The van der Waals surface area contributed by atoms with Gasteiger partial charge in [0.2, 0.25) is 0 Å². The maximum atomic E-state index is 12.0. The average molecular weight is 374 g/mol. The lowest BCUT2D eigenvalue weighted by atomic mass is 9.88. The zero-order valence-electron chi connectivity index (χ0n) is 11.7. The molecular weight excluding hydrogens is 351 g/mol. The van der Waals surface area contributed by atoms with E-state index >= 15 is 0 Å². The van der Waals surface area contributed by atoms with Crippen LogP contribution in [0, 0.1) is 17.4 Å². The number of hydrogen-bond acceptors (Lipinski definition) is 1. The maximum Gasteiger partial charge on any atom is 0.149 e. The third-order valence-electron chi connectivity index (χ3n) is 3.35. The van der Waals surface area contributed by atoms with Gasteiger partial charge in [0.05, 0.1) is 3.42 Å². The number of hydrogen-bond donors (Lipinski definition) is 0. The van der Waals surface area contributed by atoms with E-state index in [1.54, 1.807) is 0 Å². The molecule has 0 N–H and O–H groups in total. The molecule has 1 fully saturated rings. The van der Waals surface area contributed by atoms with Gasteiger partial charge in [0.1, 0.15) is 13.9 Å². The molecule has 0 spiro atoms. The first kappa shape index (κ1) is 16.0. The first-order valence-corrected chi connectivity index (χ1v) is 11.2. The van der Waals surface area contributed by atoms with Crippen molar-refractivity contribution in [2.75, 3.05) is 0 Å². The van der Waals surface area contributed by atoms with Crippen LogP contribution in [0.15, 0.2) is 12.7 Å². The Kier molecular flexibility index (Phi) is 5.66. The second-order valence-electron chi connectivity index (χ2n) is 6.10. The first-order valence-electron chi connectivity index (χ1n) is 6.63. The fourth-order valence-electron chi connectivity index (χ4n) is 2.41. The average Bonchev–Trinajstić information content (AvgIpc) is 2.51. The second kappa shape index (κ2) is 6.38. The summed E-state index contributed by atoms with van der Waals surface area (Å²) in [5.74, 6) is 4.21. The quantitative estimate of drug-likeness (QED) is 0.235. The van der Waals surface area contributed by atoms with Crippen LogP contribution in [0.25, 0.3) is 0 Å². The van der Waals surface area contributed by atoms with Crippen LogP contribution in [0.1, 0.15) is 32.1 Å². The van der Waals surface area contributed by atoms with Crippen LogP contribution >= 0.6 is 22.6 Å². The van der Waals surface area contributed by atoms with Gasteiger partial charge < -0.3 is 0 Å². The summed E-state index contributed by atoms with van der Waals surface area (Å²) in [4.78, 5) is 12.0. The molecule has 0 aliphatic heterocycles. The predicted octanol–water partition coefficient (Wildman–Crippen LogP) is 4.38. The predicted molar refractivity (Wildman–Crippen MR) is 89.7 cm³/mol. The lowest BCUT2D eigenvalue weighted by Gasteiger charge is -2.26. The monoisotopic (exact) mass is 374 g/mol. The molecule has 100 valence electrons. The molecule has 2 unspecified atom stereocenters. The lowest BCUT2D eigenvalue weighted by Crippen LogP contribution is -2.32. The van der Waals surface area contributed by atoms with Crippen LogP contribution in [-0.2, 0) is 4.79 Å². The largest absolute Gasteiger partial charge is 0.298 e. The molecule has 18 heavy (non-hydrogen) atoms. The van der Waals surface area contributed by atoms with Gasteiger partial charge in [-0.15, -0.1) is 18.0 Å². The van der Waals surface area contributed by atoms with E-state index in [0.29, 0.717) is 11.7 Å². The lowest BCUT2D eigenvalue weighted by molar-refractivity contribution is -0.119. The van der Waals surface area contributed by atoms with E-state index in [1.165, 1.54) is 0 Å². The summed E-state index contributed by atoms with van der Waals surface area (Å²) in [6, 6.07) is 0. The van der Waals surface area contributed by atoms with Crippen molar-refractivity contribution in [1.82, 2.24) is 0 Å². The van der Waals surface area contributed by atoms with Crippen LogP contribution in [-0.4, -0.2) is 17.3 Å². The van der Waals surface area contributed by atoms with Gasteiger partial charge in [-0.25, -0.2) is 0 Å². The third kappa shape index (κ3) is 4.24. The summed E-state index contributed by atoms with van der Waals surface area (Å²) in [6.45, 7) is 10.6. The minimum absolute atomic E-state index is 0.194. The van der Waals surface area contributed by atoms with E-state index in [2.05, 4.69) is 60.3 Å². The van der Waals surface area contributed by atoms with Crippen molar-refractivity contribution in [2.45, 2.75) is 55.2 Å². The highest BCUT2D eigenvalue weighted by molar-refractivity contribution is 14.1. The Bertz CT molecular complexity index is 386. The van der Waals surface area contributed by atoms with Gasteiger partial charge in [0.25, 0.3) is 0 Å². The Morgan fingerprint density at radius 1 is 1.56 bits per heavy atom. The molecule has 0 aromatic carbocycles. The molecule has 1 saturated carbocycles. The Labute approximate surface area is 126 Å². The zero-order valence-corrected chi connectivity index (χ0v) is 14.8. The Morgan fingerprint density at radius 3 is 2.78 bits per heavy atom. The fraction of sp³-hybridized carbons (Fsp3) is 0.667. The number of rotatable bonds is 4. The van der Waals surface area contributed by atoms with Crippen molar-refractivity contribution in [1.29, 1.82) is 0 Å². The normalized spacial score (nSPS) is 27.8. The zero-order chi connectivity index (χ0) is 13.8. The number of carbonyl (C=O) groups excluding carboxylic acids is 1. The van der Waals surface area contributed by atoms with E-state index in [9.17, 15) is 4.79 Å². The van der Waals surface area contributed by atoms with E-state index < -0.39 is 8.07 Å². The van der Waals surface area contributed by atoms with Gasteiger partial charge in [0, 0.05) is 12.8 Å². The number of allylic oxidation sites excluding steroid dienone is 1. The third-order valence-corrected chi connectivity index (χ3v) is 6.20. The van der Waals surface area contributed by atoms with Crippen LogP contribution in [0.2, 0.25) is 19.6 Å². The highest BCUT2D eigenvalue weighted by Gasteiger charge is 2.46. The topological polar surface area (TPSA) is 17.1 Å². The molecule has 1 rings (SSSR count). The molecule has 0 radical (unpaired) electrons. The van der Waals surface area contributed by atoms with Crippen LogP contribution in [0.4, 0.5) is 0 Å². The minimum Gasteiger partial charge on any atom is -0.298 e. The SMILES string of the molecule is C=CCC1(I)C(=O)CCC1CCC#C[Si](C)(C)C. The molecule has 0 saturated heterocycles. The molecule has 0 heterocycles. The van der Waals surface area contributed by atoms with E-state index in [1.807, 2.05) is 6.08 Å². The molecule has 1 aliphatic rings. The van der Waals surface area contributed by atoms with Crippen molar-refractivity contribution < 1.29 is 4.79 Å². The Hall–Kier alpha value is -0.0831. The van der Waals surface area contributed by atoms with Crippen LogP contribution < -0.4 is 0 Å². The molecule has 1 aliphatic carbocycles. The van der Waals surface area contributed by atoms with Gasteiger partial charge in [-0.2, -0.15) is 0 Å². The summed E-state index contributed by atoms with van der Waals surface area (Å²) >= 11 is 2.36. The maximum absolute atomic E-state index is 12.0. The number of alkyl halides is 1. The first-order chi connectivity index (χ1) is 8.29. The fourth-order valence-corrected chi connectivity index (χ4v) is 4.27. The molecule has 0 aromatic rings. The second-order valence-corrected chi connectivity index (χ2v) is 12.8. The summed E-state index contributed by atoms with van der Waals surface area (Å²) in [7, 11) is -1.24. The molecular formula is C15H23IOSi. The Balaban J connectivity index is 2.58. The van der Waals surface area contributed by atoms with Crippen molar-refractivity contribution >= 4 is 36.4 Å². The smallest absolute Gasteiger partial charge is 0.149 e. The standard InChI is InChI=1S/C15H23IOSi/c1-5-11-15(16)13(9-10-14(15)17)8-6-7-12-18(2,3)4/h5,13H,1,6,8-11H2,2-4H3. The molecule has 2 atom stereocenters. The molecule has 0 amide bonds. The highest BCUT2D eigenvalue weighted by atomic mass is 127. The molecule has 1 nitrogen and oxygen atoms in total. The van der Waals surface area contributed by atoms with E-state index in [0.717, 1.165) is 32.1 Å².